The van der Waals surface area contributed by atoms with Crippen LogP contribution in [0.2, 0.25) is 0 Å². The number of carbonyl (C=O) groups excluding carboxylic acids is 1. The summed E-state index contributed by atoms with van der Waals surface area (Å²) < 4.78 is 4.96. The van der Waals surface area contributed by atoms with Crippen molar-refractivity contribution < 1.29 is 9.53 Å². The van der Waals surface area contributed by atoms with Gasteiger partial charge in [0.1, 0.15) is 0 Å². The Morgan fingerprint density at radius 3 is 2.65 bits per heavy atom. The third kappa shape index (κ3) is 5.18. The average Bonchev–Trinajstić information content (AvgIpc) is 2.36. The van der Waals surface area contributed by atoms with E-state index in [9.17, 15) is 4.79 Å². The van der Waals surface area contributed by atoms with Crippen LogP contribution < -0.4 is 0 Å². The van der Waals surface area contributed by atoms with Crippen molar-refractivity contribution in [3.05, 3.63) is 47.5 Å². The van der Waals surface area contributed by atoms with Gasteiger partial charge in [-0.2, -0.15) is 0 Å². The quantitative estimate of drug-likeness (QED) is 0.456. The van der Waals surface area contributed by atoms with Gasteiger partial charge >= 0.3 is 5.97 Å². The van der Waals surface area contributed by atoms with E-state index in [1.807, 2.05) is 31.2 Å². The highest BCUT2D eigenvalue weighted by Crippen LogP contribution is 2.08. The van der Waals surface area contributed by atoms with Gasteiger partial charge in [0.25, 0.3) is 0 Å². The van der Waals surface area contributed by atoms with Crippen molar-refractivity contribution in [2.75, 3.05) is 11.9 Å². The third-order valence-corrected chi connectivity index (χ3v) is 2.95. The van der Waals surface area contributed by atoms with Crippen molar-refractivity contribution in [3.8, 4) is 0 Å². The van der Waals surface area contributed by atoms with Crippen LogP contribution in [-0.4, -0.2) is 17.9 Å². The van der Waals surface area contributed by atoms with E-state index in [2.05, 4.69) is 28.1 Å². The van der Waals surface area contributed by atoms with Crippen LogP contribution in [0.5, 0.6) is 0 Å². The molecule has 0 saturated heterocycles. The maximum atomic E-state index is 11.5. The predicted octanol–water partition coefficient (Wildman–Crippen LogP) is 3.50. The van der Waals surface area contributed by atoms with Gasteiger partial charge in [-0.3, -0.25) is 0 Å². The predicted molar refractivity (Wildman–Crippen MR) is 73.3 cm³/mol. The van der Waals surface area contributed by atoms with Crippen molar-refractivity contribution in [2.45, 2.75) is 19.8 Å². The molecule has 3 heteroatoms. The molecule has 0 aromatic heterocycles. The zero-order valence-electron chi connectivity index (χ0n) is 9.99. The lowest BCUT2D eigenvalue weighted by atomic mass is 10.1. The number of hydrogen-bond donors (Lipinski definition) is 0. The minimum Gasteiger partial charge on any atom is -0.463 e. The molecule has 0 aliphatic carbocycles. The largest absolute Gasteiger partial charge is 0.463 e. The smallest absolute Gasteiger partial charge is 0.334 e. The molecule has 1 aromatic carbocycles. The third-order valence-electron chi connectivity index (χ3n) is 2.35. The van der Waals surface area contributed by atoms with E-state index in [-0.39, 0.29) is 5.97 Å². The minimum absolute atomic E-state index is 0.225. The summed E-state index contributed by atoms with van der Waals surface area (Å²) >= 11 is 3.30. The average molecular weight is 297 g/mol. The molecule has 0 atom stereocenters. The molecule has 0 amide bonds. The number of benzene rings is 1. The Balaban J connectivity index is 2.48. The first-order valence-electron chi connectivity index (χ1n) is 5.74. The molecule has 17 heavy (non-hydrogen) atoms. The lowest BCUT2D eigenvalue weighted by molar-refractivity contribution is -0.138. The lowest BCUT2D eigenvalue weighted by Gasteiger charge is -2.03. The summed E-state index contributed by atoms with van der Waals surface area (Å²) in [7, 11) is 0. The van der Waals surface area contributed by atoms with Gasteiger partial charge in [0.15, 0.2) is 0 Å². The van der Waals surface area contributed by atoms with Crippen LogP contribution >= 0.6 is 15.9 Å². The van der Waals surface area contributed by atoms with Gasteiger partial charge in [-0.25, -0.2) is 4.79 Å². The van der Waals surface area contributed by atoms with E-state index < -0.39 is 0 Å². The molecular formula is C14H17BrO2. The topological polar surface area (TPSA) is 26.3 Å². The highest BCUT2D eigenvalue weighted by atomic mass is 79.9. The second-order valence-electron chi connectivity index (χ2n) is 3.61. The number of alkyl halides is 1. The molecule has 2 nitrogen and oxygen atoms in total. The van der Waals surface area contributed by atoms with Crippen molar-refractivity contribution >= 4 is 21.9 Å². The number of halogens is 1. The fourth-order valence-electron chi connectivity index (χ4n) is 1.47. The van der Waals surface area contributed by atoms with E-state index in [0.717, 1.165) is 12.8 Å². The normalized spacial score (nSPS) is 11.3. The number of esters is 1. The molecule has 0 fully saturated rings. The van der Waals surface area contributed by atoms with Gasteiger partial charge in [0.2, 0.25) is 0 Å². The molecule has 0 radical (unpaired) electrons. The van der Waals surface area contributed by atoms with Crippen LogP contribution in [0.1, 0.15) is 18.9 Å². The van der Waals surface area contributed by atoms with E-state index in [1.165, 1.54) is 5.56 Å². The molecule has 1 rings (SSSR count). The maximum absolute atomic E-state index is 11.5. The fraction of sp³-hybridized carbons (Fsp3) is 0.357. The molecule has 0 aliphatic heterocycles. The van der Waals surface area contributed by atoms with Crippen LogP contribution in [0.15, 0.2) is 42.0 Å². The van der Waals surface area contributed by atoms with Crippen LogP contribution in [0.25, 0.3) is 0 Å². The molecule has 0 aliphatic rings. The standard InChI is InChI=1S/C14H17BrO2/c1-2-17-14(16)13(11-15)10-6-9-12-7-4-3-5-8-12/h3-5,7-8,10H,2,6,9,11H2,1H3/b13-10-. The Morgan fingerprint density at radius 1 is 1.35 bits per heavy atom. The summed E-state index contributed by atoms with van der Waals surface area (Å²) in [5.41, 5.74) is 1.98. The molecule has 0 bridgehead atoms. The maximum Gasteiger partial charge on any atom is 0.334 e. The Bertz CT molecular complexity index is 371. The van der Waals surface area contributed by atoms with Gasteiger partial charge in [-0.1, -0.05) is 52.3 Å². The van der Waals surface area contributed by atoms with Crippen molar-refractivity contribution in [1.82, 2.24) is 0 Å². The van der Waals surface area contributed by atoms with Crippen molar-refractivity contribution in [1.29, 1.82) is 0 Å². The molecule has 0 N–H and O–H groups in total. The second-order valence-corrected chi connectivity index (χ2v) is 4.17. The molecule has 0 spiro atoms. The summed E-state index contributed by atoms with van der Waals surface area (Å²) in [4.78, 5) is 11.5. The van der Waals surface area contributed by atoms with Gasteiger partial charge < -0.3 is 4.74 Å². The monoisotopic (exact) mass is 296 g/mol. The zero-order valence-corrected chi connectivity index (χ0v) is 11.6. The van der Waals surface area contributed by atoms with E-state index in [4.69, 9.17) is 4.74 Å². The molecular weight excluding hydrogens is 280 g/mol. The zero-order chi connectivity index (χ0) is 12.5. The van der Waals surface area contributed by atoms with Crippen molar-refractivity contribution in [3.63, 3.8) is 0 Å². The summed E-state index contributed by atoms with van der Waals surface area (Å²) in [6.45, 7) is 2.23. The highest BCUT2D eigenvalue weighted by molar-refractivity contribution is 9.09. The number of carbonyl (C=O) groups is 1. The highest BCUT2D eigenvalue weighted by Gasteiger charge is 2.07. The first-order chi connectivity index (χ1) is 8.27. The summed E-state index contributed by atoms with van der Waals surface area (Å²) in [6, 6.07) is 10.2. The van der Waals surface area contributed by atoms with Crippen LogP contribution in [0, 0.1) is 0 Å². The van der Waals surface area contributed by atoms with E-state index in [1.54, 1.807) is 0 Å². The minimum atomic E-state index is -0.225. The summed E-state index contributed by atoms with van der Waals surface area (Å²) in [5, 5.41) is 0.542. The number of hydrogen-bond acceptors (Lipinski definition) is 2. The number of rotatable bonds is 6. The van der Waals surface area contributed by atoms with Gasteiger partial charge in [-0.05, 0) is 25.3 Å². The van der Waals surface area contributed by atoms with Gasteiger partial charge in [-0.15, -0.1) is 0 Å². The van der Waals surface area contributed by atoms with Crippen LogP contribution in [0.3, 0.4) is 0 Å². The molecule has 1 aromatic rings. The Kier molecular flexibility index (Phi) is 6.63. The number of aryl methyl sites for hydroxylation is 1. The first-order valence-corrected chi connectivity index (χ1v) is 6.86. The first kappa shape index (κ1) is 14.0. The van der Waals surface area contributed by atoms with Gasteiger partial charge in [0.05, 0.1) is 6.61 Å². The number of allylic oxidation sites excluding steroid dienone is 1. The second kappa shape index (κ2) is 8.07. The Morgan fingerprint density at radius 2 is 2.06 bits per heavy atom. The molecule has 0 unspecified atom stereocenters. The summed E-state index contributed by atoms with van der Waals surface area (Å²) in [6.07, 6.45) is 3.74. The fourth-order valence-corrected chi connectivity index (χ4v) is 1.93. The number of ether oxygens (including phenoxy) is 1. The molecule has 0 heterocycles. The van der Waals surface area contributed by atoms with E-state index >= 15 is 0 Å². The lowest BCUT2D eigenvalue weighted by Crippen LogP contribution is -2.08. The Hall–Kier alpha value is -1.09. The van der Waals surface area contributed by atoms with Gasteiger partial charge in [0, 0.05) is 10.9 Å². The van der Waals surface area contributed by atoms with E-state index in [0.29, 0.717) is 17.5 Å². The van der Waals surface area contributed by atoms with Crippen LogP contribution in [-0.2, 0) is 16.0 Å². The SMILES string of the molecule is CCOC(=O)/C(=C\CCc1ccccc1)CBr. The summed E-state index contributed by atoms with van der Waals surface area (Å²) in [5.74, 6) is -0.225. The van der Waals surface area contributed by atoms with Crippen molar-refractivity contribution in [2.24, 2.45) is 0 Å². The molecule has 0 saturated carbocycles. The molecule has 92 valence electrons. The van der Waals surface area contributed by atoms with Crippen LogP contribution in [0.4, 0.5) is 0 Å². The Labute approximate surface area is 111 Å².